The lowest BCUT2D eigenvalue weighted by Crippen LogP contribution is -2.22. The molecule has 0 amide bonds. The molecule has 0 aliphatic carbocycles. The summed E-state index contributed by atoms with van der Waals surface area (Å²) < 4.78 is 46.8. The van der Waals surface area contributed by atoms with Crippen molar-refractivity contribution >= 4 is 16.7 Å². The fraction of sp³-hybridized carbons (Fsp3) is 0.400. The van der Waals surface area contributed by atoms with Gasteiger partial charge < -0.3 is 14.1 Å². The van der Waals surface area contributed by atoms with E-state index in [0.29, 0.717) is 0 Å². The molecule has 0 fully saturated rings. The summed E-state index contributed by atoms with van der Waals surface area (Å²) in [6.45, 7) is 5.44. The summed E-state index contributed by atoms with van der Waals surface area (Å²) in [5, 5.41) is 0.274. The van der Waals surface area contributed by atoms with Gasteiger partial charge in [-0.1, -0.05) is 0 Å². The van der Waals surface area contributed by atoms with Gasteiger partial charge in [-0.2, -0.15) is 4.39 Å². The van der Waals surface area contributed by atoms with Gasteiger partial charge in [-0.25, -0.2) is 8.78 Å². The summed E-state index contributed by atoms with van der Waals surface area (Å²) in [5.41, 5.74) is 0.487. The molecule has 0 radical (unpaired) electrons. The van der Waals surface area contributed by atoms with Gasteiger partial charge in [0.2, 0.25) is 0 Å². The van der Waals surface area contributed by atoms with E-state index in [2.05, 4.69) is 4.74 Å². The molecule has 0 N–H and O–H groups in total. The Morgan fingerprint density at radius 3 is 2.45 bits per heavy atom. The first-order chi connectivity index (χ1) is 10.5. The molecule has 0 aliphatic heterocycles. The van der Waals surface area contributed by atoms with Crippen LogP contribution in [0.1, 0.15) is 13.8 Å². The van der Waals surface area contributed by atoms with Crippen LogP contribution in [0.5, 0.6) is 5.95 Å². The minimum atomic E-state index is -3.32. The van der Waals surface area contributed by atoms with Gasteiger partial charge in [-0.15, -0.1) is 0 Å². The Balaban J connectivity index is 2.44. The van der Waals surface area contributed by atoms with Crippen molar-refractivity contribution in [2.45, 2.75) is 26.6 Å². The Bertz CT molecular complexity index is 698. The molecule has 2 rings (SSSR count). The fourth-order valence-corrected chi connectivity index (χ4v) is 2.13. The van der Waals surface area contributed by atoms with Crippen LogP contribution in [-0.4, -0.2) is 25.9 Å². The van der Waals surface area contributed by atoms with Gasteiger partial charge in [0.15, 0.2) is 5.43 Å². The highest BCUT2D eigenvalue weighted by molar-refractivity contribution is 5.80. The zero-order valence-corrected chi connectivity index (χ0v) is 12.2. The molecule has 0 bridgehead atoms. The first-order valence-electron chi connectivity index (χ1n) is 6.88. The number of fused-ring (bicyclic) bond motifs is 1. The standard InChI is InChI=1S/C15H16F3NO3/c1-3-19(4-2)9-5-6-10-11(20)8-13(21-12(10)7-9)22-15(18)14(16)17/h5-8,14-15H,3-4H2,1-2H3. The van der Waals surface area contributed by atoms with Crippen LogP contribution in [0.2, 0.25) is 0 Å². The maximum atomic E-state index is 12.9. The van der Waals surface area contributed by atoms with Gasteiger partial charge >= 0.3 is 12.8 Å². The maximum absolute atomic E-state index is 12.9. The summed E-state index contributed by atoms with van der Waals surface area (Å²) in [5.74, 6) is -0.568. The molecule has 2 aromatic rings. The maximum Gasteiger partial charge on any atom is 0.304 e. The number of hydrogen-bond acceptors (Lipinski definition) is 4. The molecule has 1 aromatic carbocycles. The van der Waals surface area contributed by atoms with Crippen LogP contribution >= 0.6 is 0 Å². The molecule has 1 unspecified atom stereocenters. The van der Waals surface area contributed by atoms with Crippen molar-refractivity contribution in [1.29, 1.82) is 0 Å². The molecule has 1 atom stereocenters. The quantitative estimate of drug-likeness (QED) is 0.817. The van der Waals surface area contributed by atoms with Crippen molar-refractivity contribution in [2.24, 2.45) is 0 Å². The molecule has 0 saturated carbocycles. The lowest BCUT2D eigenvalue weighted by atomic mass is 10.2. The zero-order valence-electron chi connectivity index (χ0n) is 12.2. The first kappa shape index (κ1) is 16.2. The first-order valence-corrected chi connectivity index (χ1v) is 6.88. The summed E-state index contributed by atoms with van der Waals surface area (Å²) >= 11 is 0. The molecule has 22 heavy (non-hydrogen) atoms. The highest BCUT2D eigenvalue weighted by Crippen LogP contribution is 2.24. The van der Waals surface area contributed by atoms with E-state index in [-0.39, 0.29) is 11.0 Å². The molecule has 0 aliphatic rings. The predicted octanol–water partition coefficient (Wildman–Crippen LogP) is 3.58. The molecular weight excluding hydrogens is 299 g/mol. The Labute approximate surface area is 125 Å². The number of ether oxygens (including phenoxy) is 1. The van der Waals surface area contributed by atoms with Gasteiger partial charge in [0.05, 0.1) is 11.5 Å². The topological polar surface area (TPSA) is 42.7 Å². The number of nitrogens with zero attached hydrogens (tertiary/aromatic N) is 1. The Hall–Kier alpha value is -2.18. The lowest BCUT2D eigenvalue weighted by molar-refractivity contribution is -0.0767. The van der Waals surface area contributed by atoms with E-state index in [1.807, 2.05) is 18.7 Å². The number of anilines is 1. The van der Waals surface area contributed by atoms with E-state index >= 15 is 0 Å². The monoisotopic (exact) mass is 315 g/mol. The summed E-state index contributed by atoms with van der Waals surface area (Å²) in [6.07, 6.45) is -6.16. The van der Waals surface area contributed by atoms with Gasteiger partial charge in [0.25, 0.3) is 5.95 Å². The van der Waals surface area contributed by atoms with E-state index < -0.39 is 24.2 Å². The molecule has 1 aromatic heterocycles. The third kappa shape index (κ3) is 3.35. The summed E-state index contributed by atoms with van der Waals surface area (Å²) in [7, 11) is 0. The van der Waals surface area contributed by atoms with E-state index in [4.69, 9.17) is 4.42 Å². The fourth-order valence-electron chi connectivity index (χ4n) is 2.13. The predicted molar refractivity (Wildman–Crippen MR) is 77.6 cm³/mol. The molecule has 7 heteroatoms. The summed E-state index contributed by atoms with van der Waals surface area (Å²) in [6, 6.07) is 5.81. The Kier molecular flexibility index (Phi) is 4.95. The smallest absolute Gasteiger partial charge is 0.304 e. The van der Waals surface area contributed by atoms with Crippen molar-refractivity contribution in [3.63, 3.8) is 0 Å². The van der Waals surface area contributed by atoms with Crippen molar-refractivity contribution in [3.8, 4) is 5.95 Å². The Morgan fingerprint density at radius 1 is 1.18 bits per heavy atom. The number of alkyl halides is 3. The van der Waals surface area contributed by atoms with E-state index in [1.165, 1.54) is 0 Å². The van der Waals surface area contributed by atoms with Crippen LogP contribution < -0.4 is 15.1 Å². The highest BCUT2D eigenvalue weighted by atomic mass is 19.3. The minimum absolute atomic E-state index is 0.161. The van der Waals surface area contributed by atoms with Crippen molar-refractivity contribution in [1.82, 2.24) is 0 Å². The normalized spacial score (nSPS) is 12.6. The van der Waals surface area contributed by atoms with Crippen LogP contribution in [-0.2, 0) is 0 Å². The molecule has 0 spiro atoms. The van der Waals surface area contributed by atoms with Gasteiger partial charge in [0.1, 0.15) is 5.58 Å². The average Bonchev–Trinajstić information content (AvgIpc) is 2.48. The number of rotatable bonds is 6. The number of halogens is 3. The van der Waals surface area contributed by atoms with Crippen LogP contribution in [0.3, 0.4) is 0 Å². The molecule has 120 valence electrons. The summed E-state index contributed by atoms with van der Waals surface area (Å²) in [4.78, 5) is 13.9. The molecular formula is C15H16F3NO3. The van der Waals surface area contributed by atoms with Gasteiger partial charge in [0, 0.05) is 24.8 Å². The van der Waals surface area contributed by atoms with Crippen molar-refractivity contribution in [2.75, 3.05) is 18.0 Å². The lowest BCUT2D eigenvalue weighted by Gasteiger charge is -2.21. The molecule has 0 saturated heterocycles. The highest BCUT2D eigenvalue weighted by Gasteiger charge is 2.22. The molecule has 4 nitrogen and oxygen atoms in total. The van der Waals surface area contributed by atoms with E-state index in [0.717, 1.165) is 24.8 Å². The third-order valence-corrected chi connectivity index (χ3v) is 3.25. The second-order valence-corrected chi connectivity index (χ2v) is 4.59. The van der Waals surface area contributed by atoms with Crippen LogP contribution in [0.15, 0.2) is 33.5 Å². The molecule has 1 heterocycles. The number of benzene rings is 1. The Morgan fingerprint density at radius 2 is 1.86 bits per heavy atom. The van der Waals surface area contributed by atoms with Crippen LogP contribution in [0.25, 0.3) is 11.0 Å². The number of hydrogen-bond donors (Lipinski definition) is 0. The van der Waals surface area contributed by atoms with Crippen molar-refractivity contribution < 1.29 is 22.3 Å². The van der Waals surface area contributed by atoms with Gasteiger partial charge in [-0.05, 0) is 26.0 Å². The van der Waals surface area contributed by atoms with Crippen molar-refractivity contribution in [3.05, 3.63) is 34.5 Å². The van der Waals surface area contributed by atoms with Crippen LogP contribution in [0, 0.1) is 0 Å². The average molecular weight is 315 g/mol. The van der Waals surface area contributed by atoms with E-state index in [9.17, 15) is 18.0 Å². The second-order valence-electron chi connectivity index (χ2n) is 4.59. The SMILES string of the molecule is CCN(CC)c1ccc2c(=O)cc(OC(F)C(F)F)oc2c1. The van der Waals surface area contributed by atoms with Gasteiger partial charge in [-0.3, -0.25) is 4.79 Å². The second kappa shape index (κ2) is 6.72. The third-order valence-electron chi connectivity index (χ3n) is 3.25. The largest absolute Gasteiger partial charge is 0.425 e. The van der Waals surface area contributed by atoms with Crippen LogP contribution in [0.4, 0.5) is 18.9 Å². The minimum Gasteiger partial charge on any atom is -0.425 e. The zero-order chi connectivity index (χ0) is 16.3. The van der Waals surface area contributed by atoms with E-state index in [1.54, 1.807) is 18.2 Å².